The molecule has 1 aromatic heterocycles. The molecule has 1 heterocycles. The Morgan fingerprint density at radius 3 is 2.58 bits per heavy atom. The molecular weight excluding hydrogens is 150 g/mol. The van der Waals surface area contributed by atoms with Crippen LogP contribution in [0.5, 0.6) is 0 Å². The quantitative estimate of drug-likeness (QED) is 0.704. The number of hydrogen-bond donors (Lipinski definition) is 2. The topological polar surface area (TPSA) is 54.7 Å². The van der Waals surface area contributed by atoms with E-state index in [1.165, 1.54) is 12.8 Å². The summed E-state index contributed by atoms with van der Waals surface area (Å²) in [4.78, 5) is 7.62. The molecule has 0 aliphatic heterocycles. The molecule has 1 saturated carbocycles. The van der Waals surface area contributed by atoms with Gasteiger partial charge in [0.1, 0.15) is 11.6 Å². The SMILES string of the molecule is CC(C)c1[nH]c(C2CC2)nc1N. The van der Waals surface area contributed by atoms with E-state index in [4.69, 9.17) is 5.73 Å². The van der Waals surface area contributed by atoms with Crippen molar-refractivity contribution >= 4 is 5.82 Å². The Kier molecular flexibility index (Phi) is 1.60. The van der Waals surface area contributed by atoms with Crippen molar-refractivity contribution in [1.82, 2.24) is 9.97 Å². The van der Waals surface area contributed by atoms with Crippen LogP contribution >= 0.6 is 0 Å². The van der Waals surface area contributed by atoms with Gasteiger partial charge < -0.3 is 10.7 Å². The molecule has 12 heavy (non-hydrogen) atoms. The van der Waals surface area contributed by atoms with Gasteiger partial charge in [0.2, 0.25) is 0 Å². The molecule has 0 amide bonds. The summed E-state index contributed by atoms with van der Waals surface area (Å²) in [5.41, 5.74) is 6.86. The second-order valence-corrected chi connectivity index (χ2v) is 3.85. The van der Waals surface area contributed by atoms with E-state index in [9.17, 15) is 0 Å². The van der Waals surface area contributed by atoms with Crippen LogP contribution in [0.1, 0.15) is 50.0 Å². The van der Waals surface area contributed by atoms with Crippen LogP contribution in [0.15, 0.2) is 0 Å². The van der Waals surface area contributed by atoms with E-state index in [1.807, 2.05) is 0 Å². The number of imidazole rings is 1. The number of anilines is 1. The van der Waals surface area contributed by atoms with Gasteiger partial charge in [-0.2, -0.15) is 0 Å². The highest BCUT2D eigenvalue weighted by atomic mass is 15.0. The third-order valence-corrected chi connectivity index (χ3v) is 2.32. The first kappa shape index (κ1) is 7.65. The standard InChI is InChI=1S/C9H15N3/c1-5(2)7-8(10)12-9(11-7)6-3-4-6/h5-6H,3-4,10H2,1-2H3,(H,11,12). The summed E-state index contributed by atoms with van der Waals surface area (Å²) in [6.45, 7) is 4.25. The molecule has 1 fully saturated rings. The molecule has 0 atom stereocenters. The Bertz CT molecular complexity index is 284. The molecule has 0 aromatic carbocycles. The number of aromatic nitrogens is 2. The minimum atomic E-state index is 0.449. The number of H-pyrrole nitrogens is 1. The summed E-state index contributed by atoms with van der Waals surface area (Å²) in [5, 5.41) is 0. The maximum absolute atomic E-state index is 5.77. The van der Waals surface area contributed by atoms with E-state index in [0.717, 1.165) is 11.5 Å². The molecule has 3 N–H and O–H groups in total. The Labute approximate surface area is 72.4 Å². The van der Waals surface area contributed by atoms with E-state index >= 15 is 0 Å². The van der Waals surface area contributed by atoms with Crippen molar-refractivity contribution in [3.8, 4) is 0 Å². The number of aromatic amines is 1. The summed E-state index contributed by atoms with van der Waals surface area (Å²) >= 11 is 0. The van der Waals surface area contributed by atoms with Gasteiger partial charge in [0.15, 0.2) is 0 Å². The zero-order valence-electron chi connectivity index (χ0n) is 7.59. The van der Waals surface area contributed by atoms with Crippen LogP contribution in [0.2, 0.25) is 0 Å². The first-order chi connectivity index (χ1) is 5.68. The molecule has 66 valence electrons. The largest absolute Gasteiger partial charge is 0.382 e. The van der Waals surface area contributed by atoms with E-state index in [-0.39, 0.29) is 0 Å². The minimum Gasteiger partial charge on any atom is -0.382 e. The maximum atomic E-state index is 5.77. The normalized spacial score (nSPS) is 17.2. The molecule has 1 aliphatic rings. The van der Waals surface area contributed by atoms with Gasteiger partial charge in [-0.1, -0.05) is 13.8 Å². The first-order valence-electron chi connectivity index (χ1n) is 4.53. The average Bonchev–Trinajstić information content (AvgIpc) is 2.75. The van der Waals surface area contributed by atoms with Gasteiger partial charge in [-0.3, -0.25) is 0 Å². The van der Waals surface area contributed by atoms with Crippen molar-refractivity contribution < 1.29 is 0 Å². The van der Waals surface area contributed by atoms with Gasteiger partial charge in [0, 0.05) is 5.92 Å². The van der Waals surface area contributed by atoms with Gasteiger partial charge >= 0.3 is 0 Å². The van der Waals surface area contributed by atoms with Crippen molar-refractivity contribution in [2.75, 3.05) is 5.73 Å². The lowest BCUT2D eigenvalue weighted by atomic mass is 10.1. The Morgan fingerprint density at radius 2 is 2.17 bits per heavy atom. The smallest absolute Gasteiger partial charge is 0.145 e. The third-order valence-electron chi connectivity index (χ3n) is 2.32. The van der Waals surface area contributed by atoms with Crippen LogP contribution in [0.3, 0.4) is 0 Å². The van der Waals surface area contributed by atoms with Crippen molar-refractivity contribution in [3.05, 3.63) is 11.5 Å². The molecule has 0 radical (unpaired) electrons. The first-order valence-corrected chi connectivity index (χ1v) is 4.53. The van der Waals surface area contributed by atoms with Crippen molar-refractivity contribution in [1.29, 1.82) is 0 Å². The highest BCUT2D eigenvalue weighted by molar-refractivity contribution is 5.39. The van der Waals surface area contributed by atoms with Crippen molar-refractivity contribution in [3.63, 3.8) is 0 Å². The van der Waals surface area contributed by atoms with Crippen LogP contribution in [-0.4, -0.2) is 9.97 Å². The van der Waals surface area contributed by atoms with Gasteiger partial charge in [-0.15, -0.1) is 0 Å². The molecule has 1 aliphatic carbocycles. The molecule has 2 rings (SSSR count). The van der Waals surface area contributed by atoms with Crippen LogP contribution in [-0.2, 0) is 0 Å². The lowest BCUT2D eigenvalue weighted by Gasteiger charge is -2.00. The molecule has 0 bridgehead atoms. The Balaban J connectivity index is 2.30. The summed E-state index contributed by atoms with van der Waals surface area (Å²) in [7, 11) is 0. The van der Waals surface area contributed by atoms with Crippen LogP contribution < -0.4 is 5.73 Å². The molecule has 0 unspecified atom stereocenters. The fourth-order valence-corrected chi connectivity index (χ4v) is 1.41. The van der Waals surface area contributed by atoms with Crippen molar-refractivity contribution in [2.24, 2.45) is 0 Å². The van der Waals surface area contributed by atoms with Crippen LogP contribution in [0, 0.1) is 0 Å². The van der Waals surface area contributed by atoms with Crippen LogP contribution in [0.25, 0.3) is 0 Å². The maximum Gasteiger partial charge on any atom is 0.145 e. The number of rotatable bonds is 2. The molecule has 0 saturated heterocycles. The second kappa shape index (κ2) is 2.51. The highest BCUT2D eigenvalue weighted by Crippen LogP contribution is 2.39. The summed E-state index contributed by atoms with van der Waals surface area (Å²) in [6, 6.07) is 0. The zero-order valence-corrected chi connectivity index (χ0v) is 7.59. The second-order valence-electron chi connectivity index (χ2n) is 3.85. The van der Waals surface area contributed by atoms with Gasteiger partial charge in [0.05, 0.1) is 5.69 Å². The predicted molar refractivity (Wildman–Crippen MR) is 49.1 cm³/mol. The van der Waals surface area contributed by atoms with E-state index in [0.29, 0.717) is 17.7 Å². The molecule has 3 heteroatoms. The number of nitrogens with one attached hydrogen (secondary N) is 1. The monoisotopic (exact) mass is 165 g/mol. The number of nitrogens with two attached hydrogens (primary N) is 1. The van der Waals surface area contributed by atoms with Crippen LogP contribution in [0.4, 0.5) is 5.82 Å². The lowest BCUT2D eigenvalue weighted by Crippen LogP contribution is -1.94. The zero-order chi connectivity index (χ0) is 8.72. The van der Waals surface area contributed by atoms with Gasteiger partial charge in [-0.25, -0.2) is 4.98 Å². The number of nitrogens with zero attached hydrogens (tertiary/aromatic N) is 1. The van der Waals surface area contributed by atoms with E-state index < -0.39 is 0 Å². The molecular formula is C9H15N3. The van der Waals surface area contributed by atoms with E-state index in [2.05, 4.69) is 23.8 Å². The summed E-state index contributed by atoms with van der Waals surface area (Å²) in [6.07, 6.45) is 2.54. The van der Waals surface area contributed by atoms with E-state index in [1.54, 1.807) is 0 Å². The van der Waals surface area contributed by atoms with Gasteiger partial charge in [0.25, 0.3) is 0 Å². The number of hydrogen-bond acceptors (Lipinski definition) is 2. The molecule has 1 aromatic rings. The lowest BCUT2D eigenvalue weighted by molar-refractivity contribution is 0.824. The summed E-state index contributed by atoms with van der Waals surface area (Å²) in [5.74, 6) is 2.90. The molecule has 0 spiro atoms. The summed E-state index contributed by atoms with van der Waals surface area (Å²) < 4.78 is 0. The minimum absolute atomic E-state index is 0.449. The Hall–Kier alpha value is -0.990. The fourth-order valence-electron chi connectivity index (χ4n) is 1.41. The average molecular weight is 165 g/mol. The van der Waals surface area contributed by atoms with Gasteiger partial charge in [-0.05, 0) is 18.8 Å². The fraction of sp³-hybridized carbons (Fsp3) is 0.667. The Morgan fingerprint density at radius 1 is 1.50 bits per heavy atom. The predicted octanol–water partition coefficient (Wildman–Crippen LogP) is 1.99. The van der Waals surface area contributed by atoms with Crippen molar-refractivity contribution in [2.45, 2.75) is 38.5 Å². The number of nitrogen functional groups attached to an aromatic ring is 1. The third kappa shape index (κ3) is 1.19. The highest BCUT2D eigenvalue weighted by Gasteiger charge is 2.27. The molecule has 3 nitrogen and oxygen atoms in total.